The molecule has 3 nitrogen and oxygen atoms in total. The van der Waals surface area contributed by atoms with E-state index in [1.54, 1.807) is 0 Å². The van der Waals surface area contributed by atoms with Crippen molar-refractivity contribution in [2.75, 3.05) is 0 Å². The second kappa shape index (κ2) is 2.69. The Balaban J connectivity index is 3.82. The lowest BCUT2D eigenvalue weighted by atomic mass is 10.6. The van der Waals surface area contributed by atoms with Gasteiger partial charge in [0.1, 0.15) is 0 Å². The van der Waals surface area contributed by atoms with Crippen LogP contribution < -0.4 is 0 Å². The minimum absolute atomic E-state index is 1.13. The summed E-state index contributed by atoms with van der Waals surface area (Å²) in [5.41, 5.74) is 0. The molecule has 0 radical (unpaired) electrons. The summed E-state index contributed by atoms with van der Waals surface area (Å²) in [5, 5.41) is 7.85. The van der Waals surface area contributed by atoms with Crippen LogP contribution in [-0.4, -0.2) is 6.17 Å². The number of rotatable bonds is 0. The molecule has 0 rings (SSSR count). The van der Waals surface area contributed by atoms with Gasteiger partial charge in [-0.1, -0.05) is 0 Å². The number of hydrogen-bond acceptors (Lipinski definition) is 1. The topological polar surface area (TPSA) is 32.5 Å². The standard InChI is InChI=1S/C4HN3/c1-6-4(3-5)7-2/h4H. The minimum Gasteiger partial charge on any atom is -0.223 e. The number of hydrogen-bond donors (Lipinski definition) is 0. The maximum Gasteiger partial charge on any atom is 0.564 e. The Kier molecular flexibility index (Phi) is 2.10. The molecule has 0 N–H and O–H groups in total. The Bertz CT molecular complexity index is 130. The number of nitriles is 1. The summed E-state index contributed by atoms with van der Waals surface area (Å²) < 4.78 is 0. The third kappa shape index (κ3) is 1.36. The molecule has 0 aromatic carbocycles. The maximum absolute atomic E-state index is 7.85. The maximum atomic E-state index is 7.85. The first-order chi connectivity index (χ1) is 3.35. The highest BCUT2D eigenvalue weighted by molar-refractivity contribution is 5.04. The quantitative estimate of drug-likeness (QED) is 0.403. The van der Waals surface area contributed by atoms with E-state index in [9.17, 15) is 0 Å². The summed E-state index contributed by atoms with van der Waals surface area (Å²) in [6.45, 7) is 12.3. The molecular formula is C4HN3. The summed E-state index contributed by atoms with van der Waals surface area (Å²) in [6.07, 6.45) is -1.13. The fraction of sp³-hybridized carbons (Fsp3) is 0.250. The molecule has 0 aliphatic carbocycles. The Morgan fingerprint density at radius 3 is 1.86 bits per heavy atom. The Labute approximate surface area is 41.4 Å². The molecule has 32 valence electrons. The fourth-order valence-electron chi connectivity index (χ4n) is 0.0866. The Morgan fingerprint density at radius 2 is 1.86 bits per heavy atom. The van der Waals surface area contributed by atoms with Gasteiger partial charge in [-0.15, -0.1) is 0 Å². The molecule has 0 aliphatic rings. The molecule has 0 aromatic rings. The van der Waals surface area contributed by atoms with Crippen LogP contribution in [0.15, 0.2) is 0 Å². The monoisotopic (exact) mass is 91.0 g/mol. The average Bonchev–Trinajstić information content (AvgIpc) is 1.72. The number of nitrogens with zero attached hydrogens (tertiary/aromatic N) is 3. The van der Waals surface area contributed by atoms with Crippen molar-refractivity contribution in [3.05, 3.63) is 22.8 Å². The van der Waals surface area contributed by atoms with Gasteiger partial charge in [-0.25, -0.2) is 22.8 Å². The van der Waals surface area contributed by atoms with E-state index < -0.39 is 6.17 Å². The highest BCUT2D eigenvalue weighted by Crippen LogP contribution is 1.85. The highest BCUT2D eigenvalue weighted by atomic mass is 14.9. The van der Waals surface area contributed by atoms with Crippen LogP contribution in [0.3, 0.4) is 0 Å². The zero-order chi connectivity index (χ0) is 5.70. The van der Waals surface area contributed by atoms with Gasteiger partial charge in [0.05, 0.1) is 0 Å². The van der Waals surface area contributed by atoms with Crippen molar-refractivity contribution in [3.63, 3.8) is 0 Å². The van der Waals surface area contributed by atoms with Crippen LogP contribution in [0.25, 0.3) is 9.69 Å². The first-order valence-corrected chi connectivity index (χ1v) is 1.48. The molecule has 0 amide bonds. The van der Waals surface area contributed by atoms with Gasteiger partial charge in [-0.3, -0.25) is 0 Å². The van der Waals surface area contributed by atoms with Crippen molar-refractivity contribution < 1.29 is 0 Å². The molecule has 0 spiro atoms. The molecular weight excluding hydrogens is 90.1 g/mol. The summed E-state index contributed by atoms with van der Waals surface area (Å²) in [4.78, 5) is 5.32. The molecule has 0 atom stereocenters. The SMILES string of the molecule is [C-]#[N+]C(C#N)[N+]#[C-]. The van der Waals surface area contributed by atoms with Crippen LogP contribution in [0, 0.1) is 24.5 Å². The predicted octanol–water partition coefficient (Wildman–Crippen LogP) is 0.675. The molecule has 0 bridgehead atoms. The van der Waals surface area contributed by atoms with Crippen molar-refractivity contribution in [3.8, 4) is 6.07 Å². The van der Waals surface area contributed by atoms with Gasteiger partial charge in [0, 0.05) is 0 Å². The second-order valence-corrected chi connectivity index (χ2v) is 0.761. The van der Waals surface area contributed by atoms with Gasteiger partial charge < -0.3 is 0 Å². The third-order valence-electron chi connectivity index (χ3n) is 0.360. The second-order valence-electron chi connectivity index (χ2n) is 0.761. The molecule has 0 heterocycles. The zero-order valence-corrected chi connectivity index (χ0v) is 3.42. The van der Waals surface area contributed by atoms with Crippen LogP contribution in [-0.2, 0) is 0 Å². The summed E-state index contributed by atoms with van der Waals surface area (Å²) in [6, 6.07) is 1.49. The van der Waals surface area contributed by atoms with E-state index in [1.807, 2.05) is 0 Å². The van der Waals surface area contributed by atoms with Crippen molar-refractivity contribution in [2.24, 2.45) is 0 Å². The highest BCUT2D eigenvalue weighted by Gasteiger charge is 2.09. The first-order valence-electron chi connectivity index (χ1n) is 1.48. The smallest absolute Gasteiger partial charge is 0.223 e. The van der Waals surface area contributed by atoms with E-state index in [-0.39, 0.29) is 0 Å². The molecule has 3 heteroatoms. The van der Waals surface area contributed by atoms with Gasteiger partial charge in [0.15, 0.2) is 0 Å². The normalized spacial score (nSPS) is 6.00. The molecule has 7 heavy (non-hydrogen) atoms. The van der Waals surface area contributed by atoms with Gasteiger partial charge in [0.2, 0.25) is 6.07 Å². The lowest BCUT2D eigenvalue weighted by Gasteiger charge is -1.67. The van der Waals surface area contributed by atoms with Gasteiger partial charge >= 0.3 is 6.17 Å². The van der Waals surface area contributed by atoms with Crippen LogP contribution in [0.2, 0.25) is 0 Å². The average molecular weight is 91.1 g/mol. The molecule has 0 aromatic heterocycles. The van der Waals surface area contributed by atoms with Crippen molar-refractivity contribution in [2.45, 2.75) is 6.17 Å². The molecule has 0 saturated heterocycles. The van der Waals surface area contributed by atoms with E-state index >= 15 is 0 Å². The Hall–Kier alpha value is -1.53. The third-order valence-corrected chi connectivity index (χ3v) is 0.360. The van der Waals surface area contributed by atoms with E-state index in [0.29, 0.717) is 0 Å². The van der Waals surface area contributed by atoms with Crippen molar-refractivity contribution in [1.82, 2.24) is 0 Å². The summed E-state index contributed by atoms with van der Waals surface area (Å²) in [7, 11) is 0. The largest absolute Gasteiger partial charge is 0.564 e. The summed E-state index contributed by atoms with van der Waals surface area (Å²) >= 11 is 0. The molecule has 0 unspecified atom stereocenters. The fourth-order valence-corrected chi connectivity index (χ4v) is 0.0866. The minimum atomic E-state index is -1.13. The predicted molar refractivity (Wildman–Crippen MR) is 22.6 cm³/mol. The van der Waals surface area contributed by atoms with Crippen LogP contribution >= 0.6 is 0 Å². The van der Waals surface area contributed by atoms with Gasteiger partial charge in [0.25, 0.3) is 0 Å². The van der Waals surface area contributed by atoms with E-state index in [2.05, 4.69) is 9.69 Å². The molecule has 0 aliphatic heterocycles. The Morgan fingerprint density at radius 1 is 1.43 bits per heavy atom. The van der Waals surface area contributed by atoms with E-state index in [0.717, 1.165) is 0 Å². The molecule has 0 fully saturated rings. The van der Waals surface area contributed by atoms with E-state index in [1.165, 1.54) is 6.07 Å². The van der Waals surface area contributed by atoms with Crippen molar-refractivity contribution >= 4 is 0 Å². The first kappa shape index (κ1) is 5.47. The van der Waals surface area contributed by atoms with Crippen molar-refractivity contribution in [1.29, 1.82) is 5.26 Å². The van der Waals surface area contributed by atoms with Crippen LogP contribution in [0.4, 0.5) is 0 Å². The lowest BCUT2D eigenvalue weighted by molar-refractivity contribution is 1.22. The van der Waals surface area contributed by atoms with Crippen LogP contribution in [0.1, 0.15) is 0 Å². The summed E-state index contributed by atoms with van der Waals surface area (Å²) in [5.74, 6) is 0. The zero-order valence-electron chi connectivity index (χ0n) is 3.42. The molecule has 0 saturated carbocycles. The van der Waals surface area contributed by atoms with E-state index in [4.69, 9.17) is 18.4 Å². The van der Waals surface area contributed by atoms with Crippen LogP contribution in [0.5, 0.6) is 0 Å². The van der Waals surface area contributed by atoms with Gasteiger partial charge in [-0.2, -0.15) is 5.26 Å². The lowest BCUT2D eigenvalue weighted by Crippen LogP contribution is -1.83. The van der Waals surface area contributed by atoms with Gasteiger partial charge in [-0.05, 0) is 0 Å².